The van der Waals surface area contributed by atoms with Crippen molar-refractivity contribution >= 4 is 5.97 Å². The third-order valence-electron chi connectivity index (χ3n) is 2.23. The molecule has 1 aliphatic rings. The minimum Gasteiger partial charge on any atom is -0.466 e. The van der Waals surface area contributed by atoms with Gasteiger partial charge in [0.05, 0.1) is 19.8 Å². The van der Waals surface area contributed by atoms with Crippen LogP contribution in [0.1, 0.15) is 13.3 Å². The van der Waals surface area contributed by atoms with Crippen molar-refractivity contribution in [2.24, 2.45) is 0 Å². The number of methoxy groups -OCH3 is 2. The lowest BCUT2D eigenvalue weighted by atomic mass is 10.1. The van der Waals surface area contributed by atoms with Gasteiger partial charge < -0.3 is 18.9 Å². The SMILES string of the molecule is C=C(CC1COC(C)(OC)O1)C(=O)OC. The Bertz CT molecular complexity index is 263. The first-order valence-corrected chi connectivity index (χ1v) is 4.64. The summed E-state index contributed by atoms with van der Waals surface area (Å²) in [6, 6.07) is 0. The number of hydrogen-bond donors (Lipinski definition) is 0. The van der Waals surface area contributed by atoms with Crippen LogP contribution < -0.4 is 0 Å². The molecule has 5 nitrogen and oxygen atoms in total. The summed E-state index contributed by atoms with van der Waals surface area (Å²) in [4.78, 5) is 11.1. The molecule has 0 amide bonds. The second kappa shape index (κ2) is 4.74. The monoisotopic (exact) mass is 216 g/mol. The predicted molar refractivity (Wildman–Crippen MR) is 52.0 cm³/mol. The van der Waals surface area contributed by atoms with E-state index in [1.165, 1.54) is 14.2 Å². The quantitative estimate of drug-likeness (QED) is 0.515. The van der Waals surface area contributed by atoms with Crippen LogP contribution in [0.15, 0.2) is 12.2 Å². The molecule has 2 atom stereocenters. The van der Waals surface area contributed by atoms with E-state index >= 15 is 0 Å². The van der Waals surface area contributed by atoms with Crippen LogP contribution in [-0.4, -0.2) is 38.9 Å². The average Bonchev–Trinajstić information content (AvgIpc) is 2.60. The molecule has 0 spiro atoms. The van der Waals surface area contributed by atoms with Gasteiger partial charge in [0.1, 0.15) is 0 Å². The van der Waals surface area contributed by atoms with Crippen molar-refractivity contribution in [3.63, 3.8) is 0 Å². The van der Waals surface area contributed by atoms with Crippen molar-refractivity contribution in [3.8, 4) is 0 Å². The third kappa shape index (κ3) is 3.02. The van der Waals surface area contributed by atoms with Crippen molar-refractivity contribution < 1.29 is 23.7 Å². The summed E-state index contributed by atoms with van der Waals surface area (Å²) in [5, 5.41) is 0. The van der Waals surface area contributed by atoms with Crippen LogP contribution in [0, 0.1) is 0 Å². The molecule has 0 saturated carbocycles. The number of ether oxygens (including phenoxy) is 4. The van der Waals surface area contributed by atoms with Crippen LogP contribution in [0.25, 0.3) is 0 Å². The van der Waals surface area contributed by atoms with E-state index in [0.717, 1.165) is 0 Å². The molecule has 15 heavy (non-hydrogen) atoms. The molecule has 0 aromatic carbocycles. The minimum absolute atomic E-state index is 0.221. The minimum atomic E-state index is -1.01. The van der Waals surface area contributed by atoms with Crippen molar-refractivity contribution in [2.75, 3.05) is 20.8 Å². The first-order valence-electron chi connectivity index (χ1n) is 4.64. The van der Waals surface area contributed by atoms with E-state index in [2.05, 4.69) is 11.3 Å². The van der Waals surface area contributed by atoms with E-state index in [9.17, 15) is 4.79 Å². The highest BCUT2D eigenvalue weighted by Gasteiger charge is 2.38. The van der Waals surface area contributed by atoms with Gasteiger partial charge in [-0.05, 0) is 0 Å². The van der Waals surface area contributed by atoms with E-state index in [4.69, 9.17) is 14.2 Å². The Balaban J connectivity index is 2.43. The van der Waals surface area contributed by atoms with Gasteiger partial charge in [-0.25, -0.2) is 4.79 Å². The van der Waals surface area contributed by atoms with Crippen molar-refractivity contribution in [2.45, 2.75) is 25.4 Å². The molecule has 86 valence electrons. The summed E-state index contributed by atoms with van der Waals surface area (Å²) in [5.74, 6) is -1.44. The highest BCUT2D eigenvalue weighted by atomic mass is 16.9. The summed E-state index contributed by atoms with van der Waals surface area (Å²) in [7, 11) is 2.82. The highest BCUT2D eigenvalue weighted by molar-refractivity contribution is 5.87. The first-order chi connectivity index (χ1) is 7.00. The fraction of sp³-hybridized carbons (Fsp3) is 0.700. The highest BCUT2D eigenvalue weighted by Crippen LogP contribution is 2.26. The summed E-state index contributed by atoms with van der Waals surface area (Å²) < 4.78 is 20.3. The molecule has 0 radical (unpaired) electrons. The van der Waals surface area contributed by atoms with E-state index in [1.54, 1.807) is 6.92 Å². The van der Waals surface area contributed by atoms with Crippen molar-refractivity contribution in [1.82, 2.24) is 0 Å². The molecule has 1 saturated heterocycles. The van der Waals surface area contributed by atoms with Gasteiger partial charge in [-0.3, -0.25) is 0 Å². The molecule has 0 aromatic heterocycles. The Kier molecular flexibility index (Phi) is 3.84. The zero-order valence-electron chi connectivity index (χ0n) is 9.24. The summed E-state index contributed by atoms with van der Waals surface area (Å²) in [6.45, 7) is 5.66. The lowest BCUT2D eigenvalue weighted by molar-refractivity contribution is -0.313. The first kappa shape index (κ1) is 12.2. The number of rotatable bonds is 4. The average molecular weight is 216 g/mol. The van der Waals surface area contributed by atoms with Crippen LogP contribution in [0.5, 0.6) is 0 Å². The van der Waals surface area contributed by atoms with E-state index < -0.39 is 11.9 Å². The molecule has 5 heteroatoms. The number of esters is 1. The van der Waals surface area contributed by atoms with Crippen LogP contribution in [0.4, 0.5) is 0 Å². The molecule has 0 N–H and O–H groups in total. The lowest BCUT2D eigenvalue weighted by Gasteiger charge is -2.20. The van der Waals surface area contributed by atoms with Gasteiger partial charge in [-0.1, -0.05) is 6.58 Å². The molecule has 0 bridgehead atoms. The smallest absolute Gasteiger partial charge is 0.333 e. The molecular weight excluding hydrogens is 200 g/mol. The molecule has 0 aromatic rings. The number of carbonyl (C=O) groups excluding carboxylic acids is 1. The summed E-state index contributed by atoms with van der Waals surface area (Å²) in [6.07, 6.45) is 0.160. The number of carbonyl (C=O) groups is 1. The van der Waals surface area contributed by atoms with Crippen LogP contribution in [-0.2, 0) is 23.7 Å². The topological polar surface area (TPSA) is 54.0 Å². The van der Waals surface area contributed by atoms with Gasteiger partial charge in [0.15, 0.2) is 0 Å². The van der Waals surface area contributed by atoms with Gasteiger partial charge >= 0.3 is 5.97 Å². The summed E-state index contributed by atoms with van der Waals surface area (Å²) in [5.41, 5.74) is 0.367. The molecular formula is C10H16O5. The maximum absolute atomic E-state index is 11.1. The largest absolute Gasteiger partial charge is 0.466 e. The van der Waals surface area contributed by atoms with E-state index in [-0.39, 0.29) is 6.10 Å². The summed E-state index contributed by atoms with van der Waals surface area (Å²) >= 11 is 0. The fourth-order valence-corrected chi connectivity index (χ4v) is 1.33. The van der Waals surface area contributed by atoms with E-state index in [0.29, 0.717) is 18.6 Å². The van der Waals surface area contributed by atoms with Gasteiger partial charge in [-0.15, -0.1) is 0 Å². The zero-order valence-corrected chi connectivity index (χ0v) is 9.24. The molecule has 1 rings (SSSR count). The maximum atomic E-state index is 11.1. The molecule has 1 fully saturated rings. The standard InChI is InChI=1S/C10H16O5/c1-7(9(11)12-3)5-8-6-14-10(2,13-4)15-8/h8H,1,5-6H2,2-4H3. The molecule has 0 aliphatic carbocycles. The van der Waals surface area contributed by atoms with Crippen LogP contribution in [0.3, 0.4) is 0 Å². The van der Waals surface area contributed by atoms with E-state index in [1.807, 2.05) is 0 Å². The molecule has 2 unspecified atom stereocenters. The second-order valence-corrected chi connectivity index (χ2v) is 3.42. The van der Waals surface area contributed by atoms with Gasteiger partial charge in [0, 0.05) is 26.0 Å². The Morgan fingerprint density at radius 2 is 2.27 bits per heavy atom. The van der Waals surface area contributed by atoms with Crippen LogP contribution >= 0.6 is 0 Å². The zero-order chi connectivity index (χ0) is 11.5. The predicted octanol–water partition coefficient (Wildman–Crippen LogP) is 0.841. The van der Waals surface area contributed by atoms with Gasteiger partial charge in [0.2, 0.25) is 0 Å². The van der Waals surface area contributed by atoms with Gasteiger partial charge in [0.25, 0.3) is 5.97 Å². The Hall–Kier alpha value is -0.910. The molecule has 1 heterocycles. The second-order valence-electron chi connectivity index (χ2n) is 3.42. The third-order valence-corrected chi connectivity index (χ3v) is 2.23. The Morgan fingerprint density at radius 1 is 1.60 bits per heavy atom. The van der Waals surface area contributed by atoms with Crippen LogP contribution in [0.2, 0.25) is 0 Å². The normalized spacial score (nSPS) is 30.2. The lowest BCUT2D eigenvalue weighted by Crippen LogP contribution is -2.29. The fourth-order valence-electron chi connectivity index (χ4n) is 1.33. The number of hydrogen-bond acceptors (Lipinski definition) is 5. The van der Waals surface area contributed by atoms with Gasteiger partial charge in [-0.2, -0.15) is 0 Å². The Labute approximate surface area is 88.9 Å². The van der Waals surface area contributed by atoms with Crippen molar-refractivity contribution in [3.05, 3.63) is 12.2 Å². The Morgan fingerprint density at radius 3 is 2.73 bits per heavy atom. The molecule has 1 aliphatic heterocycles. The maximum Gasteiger partial charge on any atom is 0.333 e. The van der Waals surface area contributed by atoms with Crippen molar-refractivity contribution in [1.29, 1.82) is 0 Å².